The molecule has 2 nitrogen and oxygen atoms in total. The van der Waals surface area contributed by atoms with Crippen molar-refractivity contribution in [2.75, 3.05) is 6.26 Å². The van der Waals surface area contributed by atoms with E-state index in [0.717, 1.165) is 11.8 Å². The van der Waals surface area contributed by atoms with Crippen molar-refractivity contribution in [3.63, 3.8) is 0 Å². The minimum Gasteiger partial charge on any atom is -0.508 e. The molecule has 1 saturated carbocycles. The Balaban J connectivity index is 1.79. The third-order valence-electron chi connectivity index (χ3n) is 3.49. The summed E-state index contributed by atoms with van der Waals surface area (Å²) in [6, 6.07) is 8.13. The van der Waals surface area contributed by atoms with Crippen LogP contribution in [-0.2, 0) is 6.54 Å². The number of hydrogen-bond donors (Lipinski definition) is 2. The molecular weight excluding hydrogens is 230 g/mol. The van der Waals surface area contributed by atoms with E-state index in [1.807, 2.05) is 23.9 Å². The van der Waals surface area contributed by atoms with Gasteiger partial charge in [-0.15, -0.1) is 0 Å². The highest BCUT2D eigenvalue weighted by molar-refractivity contribution is 7.99. The lowest BCUT2D eigenvalue weighted by molar-refractivity contribution is 0.380. The maximum Gasteiger partial charge on any atom is 0.115 e. The van der Waals surface area contributed by atoms with Crippen molar-refractivity contribution in [1.29, 1.82) is 0 Å². The molecule has 1 aliphatic rings. The minimum absolute atomic E-state index is 0.342. The van der Waals surface area contributed by atoms with Crippen molar-refractivity contribution >= 4 is 11.8 Å². The lowest BCUT2D eigenvalue weighted by Gasteiger charge is -2.28. The van der Waals surface area contributed by atoms with Crippen molar-refractivity contribution in [1.82, 2.24) is 5.32 Å². The van der Waals surface area contributed by atoms with Gasteiger partial charge in [0.1, 0.15) is 5.75 Å². The van der Waals surface area contributed by atoms with Crippen LogP contribution >= 0.6 is 11.8 Å². The Labute approximate surface area is 108 Å². The molecule has 0 bridgehead atoms. The Morgan fingerprint density at radius 2 is 2.06 bits per heavy atom. The molecular formula is C14H21NOS. The number of nitrogens with one attached hydrogen (secondary N) is 1. The highest BCUT2D eigenvalue weighted by atomic mass is 32.2. The molecule has 2 unspecified atom stereocenters. The highest BCUT2D eigenvalue weighted by Gasteiger charge is 2.20. The Bertz CT molecular complexity index is 339. The van der Waals surface area contributed by atoms with E-state index in [1.54, 1.807) is 12.1 Å². The maximum absolute atomic E-state index is 9.22. The first-order chi connectivity index (χ1) is 8.28. The largest absolute Gasteiger partial charge is 0.508 e. The summed E-state index contributed by atoms with van der Waals surface area (Å²) in [5.41, 5.74) is 1.24. The van der Waals surface area contributed by atoms with Gasteiger partial charge >= 0.3 is 0 Å². The number of hydrogen-bond acceptors (Lipinski definition) is 3. The molecule has 2 atom stereocenters. The van der Waals surface area contributed by atoms with Crippen molar-refractivity contribution in [3.05, 3.63) is 29.8 Å². The summed E-state index contributed by atoms with van der Waals surface area (Å²) in [6.45, 7) is 0.909. The summed E-state index contributed by atoms with van der Waals surface area (Å²) >= 11 is 2.00. The van der Waals surface area contributed by atoms with Crippen LogP contribution in [0.5, 0.6) is 5.75 Å². The number of rotatable bonds is 4. The standard InChI is InChI=1S/C14H21NOS/c1-17-14-4-2-3-12(9-14)15-10-11-5-7-13(16)8-6-11/h5-8,12,14-16H,2-4,9-10H2,1H3. The Morgan fingerprint density at radius 3 is 2.76 bits per heavy atom. The molecule has 94 valence electrons. The fraction of sp³-hybridized carbons (Fsp3) is 0.571. The monoisotopic (exact) mass is 251 g/mol. The van der Waals surface area contributed by atoms with Crippen molar-refractivity contribution in [2.24, 2.45) is 0 Å². The molecule has 17 heavy (non-hydrogen) atoms. The molecule has 3 heteroatoms. The molecule has 0 aliphatic heterocycles. The Kier molecular flexibility index (Phi) is 4.75. The molecule has 0 radical (unpaired) electrons. The highest BCUT2D eigenvalue weighted by Crippen LogP contribution is 2.27. The zero-order valence-corrected chi connectivity index (χ0v) is 11.2. The van der Waals surface area contributed by atoms with Gasteiger partial charge in [-0.1, -0.05) is 18.6 Å². The zero-order chi connectivity index (χ0) is 12.1. The second-order valence-electron chi connectivity index (χ2n) is 4.77. The molecule has 2 rings (SSSR count). The van der Waals surface area contributed by atoms with Crippen LogP contribution in [0, 0.1) is 0 Å². The second kappa shape index (κ2) is 6.31. The van der Waals surface area contributed by atoms with Crippen LogP contribution in [0.2, 0.25) is 0 Å². The smallest absolute Gasteiger partial charge is 0.115 e. The molecule has 0 aromatic heterocycles. The Hall–Kier alpha value is -0.670. The molecule has 0 saturated heterocycles. The first-order valence-corrected chi connectivity index (χ1v) is 7.61. The maximum atomic E-state index is 9.22. The first kappa shape index (κ1) is 12.8. The molecule has 1 aromatic rings. The van der Waals surface area contributed by atoms with Gasteiger partial charge < -0.3 is 10.4 Å². The van der Waals surface area contributed by atoms with Gasteiger partial charge in [0.2, 0.25) is 0 Å². The second-order valence-corrected chi connectivity index (χ2v) is 5.91. The fourth-order valence-electron chi connectivity index (χ4n) is 2.42. The van der Waals surface area contributed by atoms with Crippen LogP contribution in [0.1, 0.15) is 31.2 Å². The SMILES string of the molecule is CSC1CCCC(NCc2ccc(O)cc2)C1. The van der Waals surface area contributed by atoms with E-state index in [-0.39, 0.29) is 0 Å². The summed E-state index contributed by atoms with van der Waals surface area (Å²) in [5.74, 6) is 0.342. The van der Waals surface area contributed by atoms with Crippen LogP contribution in [-0.4, -0.2) is 22.7 Å². The van der Waals surface area contributed by atoms with Crippen LogP contribution in [0.3, 0.4) is 0 Å². The number of aromatic hydroxyl groups is 1. The van der Waals surface area contributed by atoms with E-state index in [2.05, 4.69) is 11.6 Å². The van der Waals surface area contributed by atoms with Gasteiger partial charge in [0.15, 0.2) is 0 Å². The molecule has 0 spiro atoms. The van der Waals surface area contributed by atoms with Gasteiger partial charge in [0.25, 0.3) is 0 Å². The van der Waals surface area contributed by atoms with Gasteiger partial charge in [0.05, 0.1) is 0 Å². The van der Waals surface area contributed by atoms with Crippen LogP contribution in [0.4, 0.5) is 0 Å². The van der Waals surface area contributed by atoms with E-state index in [0.29, 0.717) is 11.8 Å². The van der Waals surface area contributed by atoms with Gasteiger partial charge in [-0.05, 0) is 43.2 Å². The molecule has 0 amide bonds. The van der Waals surface area contributed by atoms with Crippen LogP contribution < -0.4 is 5.32 Å². The average Bonchev–Trinajstić information content (AvgIpc) is 2.38. The van der Waals surface area contributed by atoms with Crippen molar-refractivity contribution in [2.45, 2.75) is 43.5 Å². The summed E-state index contributed by atoms with van der Waals surface area (Å²) in [6.07, 6.45) is 7.53. The quantitative estimate of drug-likeness (QED) is 0.862. The van der Waals surface area contributed by atoms with E-state index < -0.39 is 0 Å². The van der Waals surface area contributed by atoms with E-state index in [1.165, 1.54) is 31.2 Å². The third kappa shape index (κ3) is 3.93. The number of phenols is 1. The number of thioether (sulfide) groups is 1. The van der Waals surface area contributed by atoms with Crippen molar-refractivity contribution in [3.8, 4) is 5.75 Å². The Morgan fingerprint density at radius 1 is 1.29 bits per heavy atom. The predicted molar refractivity (Wildman–Crippen MR) is 74.5 cm³/mol. The third-order valence-corrected chi connectivity index (χ3v) is 4.59. The lowest BCUT2D eigenvalue weighted by Crippen LogP contribution is -2.34. The zero-order valence-electron chi connectivity index (χ0n) is 10.4. The summed E-state index contributed by atoms with van der Waals surface area (Å²) in [5, 5.41) is 13.7. The summed E-state index contributed by atoms with van der Waals surface area (Å²) < 4.78 is 0. The van der Waals surface area contributed by atoms with E-state index in [9.17, 15) is 5.11 Å². The fourth-order valence-corrected chi connectivity index (χ4v) is 3.25. The molecule has 1 aliphatic carbocycles. The minimum atomic E-state index is 0.342. The molecule has 2 N–H and O–H groups in total. The normalized spacial score (nSPS) is 24.8. The van der Waals surface area contributed by atoms with Crippen LogP contribution in [0.25, 0.3) is 0 Å². The van der Waals surface area contributed by atoms with Gasteiger partial charge in [-0.25, -0.2) is 0 Å². The van der Waals surface area contributed by atoms with Crippen molar-refractivity contribution < 1.29 is 5.11 Å². The topological polar surface area (TPSA) is 32.3 Å². The molecule has 1 fully saturated rings. The van der Waals surface area contributed by atoms with E-state index in [4.69, 9.17) is 0 Å². The van der Waals surface area contributed by atoms with Crippen LogP contribution in [0.15, 0.2) is 24.3 Å². The van der Waals surface area contributed by atoms with Gasteiger partial charge in [0, 0.05) is 17.8 Å². The van der Waals surface area contributed by atoms with Gasteiger partial charge in [-0.2, -0.15) is 11.8 Å². The number of benzene rings is 1. The first-order valence-electron chi connectivity index (χ1n) is 6.32. The van der Waals surface area contributed by atoms with E-state index >= 15 is 0 Å². The molecule has 1 aromatic carbocycles. The molecule has 0 heterocycles. The van der Waals surface area contributed by atoms with Gasteiger partial charge in [-0.3, -0.25) is 0 Å². The predicted octanol–water partition coefficient (Wildman–Crippen LogP) is 3.16. The summed E-state index contributed by atoms with van der Waals surface area (Å²) in [4.78, 5) is 0. The summed E-state index contributed by atoms with van der Waals surface area (Å²) in [7, 11) is 0. The lowest BCUT2D eigenvalue weighted by atomic mass is 9.95. The number of phenolic OH excluding ortho intramolecular Hbond substituents is 1. The average molecular weight is 251 g/mol.